The average molecular weight is 315 g/mol. The van der Waals surface area contributed by atoms with Crippen LogP contribution in [0.2, 0.25) is 0 Å². The smallest absolute Gasteiger partial charge is 0.306 e. The molecule has 0 spiro atoms. The van der Waals surface area contributed by atoms with Crippen LogP contribution in [-0.4, -0.2) is 39.3 Å². The molecule has 0 aliphatic rings. The maximum Gasteiger partial charge on any atom is 0.306 e. The molecule has 0 fully saturated rings. The second-order valence-electron chi connectivity index (χ2n) is 5.03. The molecule has 118 valence electrons. The minimum atomic E-state index is -3.67. The summed E-state index contributed by atoms with van der Waals surface area (Å²) in [5, 5.41) is 8.69. The maximum absolute atomic E-state index is 12.1. The molecular weight excluding hydrogens is 294 g/mol. The zero-order valence-corrected chi connectivity index (χ0v) is 13.2. The Morgan fingerprint density at radius 1 is 1.29 bits per heavy atom. The van der Waals surface area contributed by atoms with E-state index in [1.807, 2.05) is 13.8 Å². The number of nitrogens with one attached hydrogen (secondary N) is 1. The zero-order chi connectivity index (χ0) is 16.0. The molecule has 0 saturated carbocycles. The minimum absolute atomic E-state index is 0.0862. The predicted octanol–water partition coefficient (Wildman–Crippen LogP) is 1.58. The van der Waals surface area contributed by atoms with Crippen LogP contribution >= 0.6 is 0 Å². The molecule has 0 aliphatic carbocycles. The molecule has 1 rings (SSSR count). The Balaban J connectivity index is 2.74. The third kappa shape index (κ3) is 5.45. The van der Waals surface area contributed by atoms with Gasteiger partial charge in [0.2, 0.25) is 10.0 Å². The van der Waals surface area contributed by atoms with Crippen LogP contribution in [-0.2, 0) is 19.6 Å². The summed E-state index contributed by atoms with van der Waals surface area (Å²) in [6, 6.07) is 6.61. The molecule has 1 aromatic carbocycles. The fourth-order valence-corrected chi connectivity index (χ4v) is 2.82. The van der Waals surface area contributed by atoms with Crippen LogP contribution in [0.3, 0.4) is 0 Å². The summed E-state index contributed by atoms with van der Waals surface area (Å²) in [6.07, 6.45) is -0.960. The van der Waals surface area contributed by atoms with Crippen molar-refractivity contribution >= 4 is 16.0 Å². The summed E-state index contributed by atoms with van der Waals surface area (Å²) >= 11 is 0. The van der Waals surface area contributed by atoms with Gasteiger partial charge >= 0.3 is 5.97 Å². The van der Waals surface area contributed by atoms with E-state index in [1.54, 1.807) is 12.1 Å². The lowest BCUT2D eigenvalue weighted by Crippen LogP contribution is -2.34. The Kier molecular flexibility index (Phi) is 6.32. The van der Waals surface area contributed by atoms with Crippen molar-refractivity contribution in [3.63, 3.8) is 0 Å². The van der Waals surface area contributed by atoms with Crippen molar-refractivity contribution in [2.24, 2.45) is 0 Å². The second kappa shape index (κ2) is 7.53. The van der Waals surface area contributed by atoms with Crippen LogP contribution < -0.4 is 4.72 Å². The molecule has 2 N–H and O–H groups in total. The first-order chi connectivity index (χ1) is 9.76. The number of sulfonamides is 1. The number of aliphatic carboxylic acids is 1. The largest absolute Gasteiger partial charge is 0.481 e. The fraction of sp³-hybridized carbons (Fsp3) is 0.500. The number of carboxylic acid groups (broad SMARTS) is 1. The van der Waals surface area contributed by atoms with Crippen molar-refractivity contribution < 1.29 is 23.1 Å². The highest BCUT2D eigenvalue weighted by molar-refractivity contribution is 7.89. The topological polar surface area (TPSA) is 92.7 Å². The van der Waals surface area contributed by atoms with Crippen molar-refractivity contribution in [3.05, 3.63) is 29.8 Å². The first-order valence-corrected chi connectivity index (χ1v) is 8.08. The molecule has 6 nitrogen and oxygen atoms in total. The van der Waals surface area contributed by atoms with Gasteiger partial charge in [0.1, 0.15) is 0 Å². The van der Waals surface area contributed by atoms with Gasteiger partial charge in [-0.1, -0.05) is 26.0 Å². The summed E-state index contributed by atoms with van der Waals surface area (Å²) in [5.41, 5.74) is 1.05. The van der Waals surface area contributed by atoms with Crippen LogP contribution in [0, 0.1) is 0 Å². The standard InChI is InChI=1S/C14H21NO5S/c1-10(2)11-4-6-13(7-5-11)21(18,19)15-9-12(20-3)8-14(16)17/h4-7,10,12,15H,8-9H2,1-3H3,(H,16,17). The van der Waals surface area contributed by atoms with Gasteiger partial charge < -0.3 is 9.84 Å². The van der Waals surface area contributed by atoms with E-state index in [9.17, 15) is 13.2 Å². The van der Waals surface area contributed by atoms with Crippen molar-refractivity contribution in [3.8, 4) is 0 Å². The number of hydrogen-bond donors (Lipinski definition) is 2. The molecule has 0 radical (unpaired) electrons. The summed E-state index contributed by atoms with van der Waals surface area (Å²) in [5.74, 6) is -0.717. The third-order valence-corrected chi connectivity index (χ3v) is 4.53. The van der Waals surface area contributed by atoms with E-state index in [1.165, 1.54) is 19.2 Å². The van der Waals surface area contributed by atoms with E-state index in [2.05, 4.69) is 4.72 Å². The van der Waals surface area contributed by atoms with E-state index in [4.69, 9.17) is 9.84 Å². The number of carboxylic acids is 1. The highest BCUT2D eigenvalue weighted by Gasteiger charge is 2.18. The second-order valence-corrected chi connectivity index (χ2v) is 6.80. The zero-order valence-electron chi connectivity index (χ0n) is 12.4. The van der Waals surface area contributed by atoms with E-state index < -0.39 is 22.1 Å². The van der Waals surface area contributed by atoms with E-state index >= 15 is 0 Å². The molecule has 0 saturated heterocycles. The lowest BCUT2D eigenvalue weighted by Gasteiger charge is -2.14. The molecule has 0 aliphatic heterocycles. The molecule has 0 aromatic heterocycles. The van der Waals surface area contributed by atoms with Gasteiger partial charge in [0.05, 0.1) is 17.4 Å². The molecule has 0 heterocycles. The van der Waals surface area contributed by atoms with Crippen LogP contribution in [0.4, 0.5) is 0 Å². The van der Waals surface area contributed by atoms with E-state index in [0.717, 1.165) is 5.56 Å². The Labute approximate surface area is 125 Å². The molecule has 1 aromatic rings. The van der Waals surface area contributed by atoms with Gasteiger partial charge in [0.25, 0.3) is 0 Å². The van der Waals surface area contributed by atoms with Crippen molar-refractivity contribution in [1.82, 2.24) is 4.72 Å². The number of carbonyl (C=O) groups is 1. The molecule has 21 heavy (non-hydrogen) atoms. The normalized spacial score (nSPS) is 13.3. The van der Waals surface area contributed by atoms with Gasteiger partial charge in [-0.2, -0.15) is 0 Å². The summed E-state index contributed by atoms with van der Waals surface area (Å²) in [7, 11) is -2.32. The SMILES string of the molecule is COC(CNS(=O)(=O)c1ccc(C(C)C)cc1)CC(=O)O. The number of ether oxygens (including phenoxy) is 1. The quantitative estimate of drug-likeness (QED) is 0.760. The van der Waals surface area contributed by atoms with Gasteiger partial charge in [-0.05, 0) is 23.6 Å². The van der Waals surface area contributed by atoms with Crippen molar-refractivity contribution in [2.75, 3.05) is 13.7 Å². The monoisotopic (exact) mass is 315 g/mol. The number of methoxy groups -OCH3 is 1. The van der Waals surface area contributed by atoms with Gasteiger partial charge in [-0.25, -0.2) is 13.1 Å². The average Bonchev–Trinajstić information content (AvgIpc) is 2.43. The predicted molar refractivity (Wildman–Crippen MR) is 78.8 cm³/mol. The summed E-state index contributed by atoms with van der Waals surface area (Å²) in [6.45, 7) is 3.96. The highest BCUT2D eigenvalue weighted by Crippen LogP contribution is 2.17. The highest BCUT2D eigenvalue weighted by atomic mass is 32.2. The van der Waals surface area contributed by atoms with Gasteiger partial charge in [-0.15, -0.1) is 0 Å². The molecule has 0 amide bonds. The summed E-state index contributed by atoms with van der Waals surface area (Å²) < 4.78 is 31.5. The first kappa shape index (κ1) is 17.6. The third-order valence-electron chi connectivity index (χ3n) is 3.09. The van der Waals surface area contributed by atoms with Crippen molar-refractivity contribution in [1.29, 1.82) is 0 Å². The van der Waals surface area contributed by atoms with Crippen molar-refractivity contribution in [2.45, 2.75) is 37.2 Å². The fourth-order valence-electron chi connectivity index (χ4n) is 1.75. The Bertz CT molecular complexity index is 566. The maximum atomic E-state index is 12.1. The summed E-state index contributed by atoms with van der Waals surface area (Å²) in [4.78, 5) is 10.8. The van der Waals surface area contributed by atoms with Gasteiger partial charge in [0, 0.05) is 13.7 Å². The Morgan fingerprint density at radius 3 is 2.29 bits per heavy atom. The van der Waals surface area contributed by atoms with E-state index in [-0.39, 0.29) is 17.9 Å². The van der Waals surface area contributed by atoms with Gasteiger partial charge in [0.15, 0.2) is 0 Å². The number of hydrogen-bond acceptors (Lipinski definition) is 4. The molecule has 1 atom stereocenters. The van der Waals surface area contributed by atoms with Crippen LogP contribution in [0.25, 0.3) is 0 Å². The van der Waals surface area contributed by atoms with Crippen LogP contribution in [0.5, 0.6) is 0 Å². The first-order valence-electron chi connectivity index (χ1n) is 6.60. The Morgan fingerprint density at radius 2 is 1.86 bits per heavy atom. The lowest BCUT2D eigenvalue weighted by molar-refractivity contribution is -0.139. The van der Waals surface area contributed by atoms with E-state index in [0.29, 0.717) is 5.92 Å². The van der Waals surface area contributed by atoms with Gasteiger partial charge in [-0.3, -0.25) is 4.79 Å². The Hall–Kier alpha value is -1.44. The molecule has 1 unspecified atom stereocenters. The minimum Gasteiger partial charge on any atom is -0.481 e. The molecule has 7 heteroatoms. The van der Waals surface area contributed by atoms with Crippen LogP contribution in [0.15, 0.2) is 29.2 Å². The molecular formula is C14H21NO5S. The molecule has 0 bridgehead atoms. The van der Waals surface area contributed by atoms with Crippen LogP contribution in [0.1, 0.15) is 31.7 Å². The number of benzene rings is 1. The number of rotatable bonds is 8. The lowest BCUT2D eigenvalue weighted by atomic mass is 10.0.